The van der Waals surface area contributed by atoms with Gasteiger partial charge in [0.25, 0.3) is 5.91 Å². The van der Waals surface area contributed by atoms with E-state index >= 15 is 4.39 Å². The summed E-state index contributed by atoms with van der Waals surface area (Å²) in [6.45, 7) is 6.19. The lowest BCUT2D eigenvalue weighted by atomic mass is 9.96. The summed E-state index contributed by atoms with van der Waals surface area (Å²) in [5.41, 5.74) is 2.23. The van der Waals surface area contributed by atoms with Crippen LogP contribution < -0.4 is 14.8 Å². The van der Waals surface area contributed by atoms with E-state index in [-0.39, 0.29) is 36.0 Å². The Balaban J connectivity index is 1.28. The van der Waals surface area contributed by atoms with E-state index in [2.05, 4.69) is 5.32 Å². The van der Waals surface area contributed by atoms with E-state index in [1.807, 2.05) is 86.3 Å². The van der Waals surface area contributed by atoms with Gasteiger partial charge in [0, 0.05) is 35.0 Å². The van der Waals surface area contributed by atoms with Gasteiger partial charge >= 0.3 is 12.1 Å². The fourth-order valence-corrected chi connectivity index (χ4v) is 8.58. The van der Waals surface area contributed by atoms with Crippen molar-refractivity contribution in [3.8, 4) is 39.1 Å². The smallest absolute Gasteiger partial charge is 0.407 e. The first kappa shape index (κ1) is 40.3. The van der Waals surface area contributed by atoms with Gasteiger partial charge in [-0.15, -0.1) is 11.3 Å². The molecule has 2 aliphatic rings. The molecule has 2 aliphatic heterocycles. The van der Waals surface area contributed by atoms with E-state index in [9.17, 15) is 19.6 Å². The van der Waals surface area contributed by atoms with Crippen LogP contribution >= 0.6 is 11.3 Å². The van der Waals surface area contributed by atoms with Crippen LogP contribution in [0.15, 0.2) is 72.8 Å². The highest BCUT2D eigenvalue weighted by atomic mass is 32.1. The normalized spacial score (nSPS) is 17.6. The number of hydrogen-bond acceptors (Lipinski definition) is 8. The number of piperidine rings is 1. The lowest BCUT2D eigenvalue weighted by molar-refractivity contribution is -0.137. The van der Waals surface area contributed by atoms with E-state index in [1.54, 1.807) is 6.07 Å². The Labute approximate surface area is 331 Å². The molecule has 4 aromatic rings. The predicted octanol–water partition coefficient (Wildman–Crippen LogP) is 9.75. The number of ether oxygens (including phenoxy) is 3. The molecule has 0 saturated carbocycles. The van der Waals surface area contributed by atoms with E-state index in [4.69, 9.17) is 19.3 Å². The molecule has 6 rings (SSSR count). The van der Waals surface area contributed by atoms with Crippen LogP contribution in [-0.4, -0.2) is 58.3 Å². The molecule has 1 aromatic heterocycles. The number of aliphatic carboxylic acids is 1. The molecule has 2 atom stereocenters. The van der Waals surface area contributed by atoms with Gasteiger partial charge in [-0.3, -0.25) is 9.59 Å². The number of hydrogen-bond donors (Lipinski definition) is 2. The molecule has 56 heavy (non-hydrogen) atoms. The Kier molecular flexibility index (Phi) is 13.0. The number of carboxylic acids is 1. The lowest BCUT2D eigenvalue weighted by Gasteiger charge is -2.39. The maximum Gasteiger partial charge on any atom is 0.407 e. The number of benzene rings is 3. The molecule has 2 N–H and O–H groups in total. The SMILES string of the molecule is CC(C)(C)OC(=O)NC1CC2CCC(C1)N2C(=O)c1cc(-c2ccc(C#N)c(F)c2)c(-c2ccc(OCCCCCCC(=O)O)c(OCc3ccccc3)c2)s1. The molecule has 3 heterocycles. The quantitative estimate of drug-likeness (QED) is 0.114. The van der Waals surface area contributed by atoms with Gasteiger partial charge in [-0.25, -0.2) is 9.18 Å². The summed E-state index contributed by atoms with van der Waals surface area (Å²) < 4.78 is 33.1. The van der Waals surface area contributed by atoms with Gasteiger partial charge in [-0.2, -0.15) is 5.26 Å². The number of amides is 2. The fraction of sp³-hybridized carbons (Fsp3) is 0.409. The van der Waals surface area contributed by atoms with Crippen molar-refractivity contribution in [2.75, 3.05) is 6.61 Å². The summed E-state index contributed by atoms with van der Waals surface area (Å²) >= 11 is 1.33. The number of fused-ring (bicyclic) bond motifs is 2. The molecule has 10 nitrogen and oxygen atoms in total. The first-order valence-corrected chi connectivity index (χ1v) is 20.0. The standard InChI is InChI=1S/C44H48FN3O7S/c1-44(2,3)55-43(52)47-32-23-33-17-18-34(24-32)48(33)42(51)39-25-35(29-14-15-31(26-46)36(45)21-29)41(56-39)30-16-19-37(53-20-10-5-4-9-13-40(49)50)38(22-30)54-27-28-11-7-6-8-12-28/h6-8,11-12,14-16,19,21-22,25,32-34H,4-5,9-10,13,17-18,20,23-24,27H2,1-3H3,(H,47,52)(H,49,50). The highest BCUT2D eigenvalue weighted by Crippen LogP contribution is 2.45. The van der Waals surface area contributed by atoms with E-state index in [1.165, 1.54) is 23.5 Å². The highest BCUT2D eigenvalue weighted by molar-refractivity contribution is 7.18. The minimum absolute atomic E-state index is 0.0471. The molecular formula is C44H48FN3O7S. The van der Waals surface area contributed by atoms with Crippen LogP contribution in [0, 0.1) is 17.1 Å². The zero-order valence-electron chi connectivity index (χ0n) is 32.0. The lowest BCUT2D eigenvalue weighted by Crippen LogP contribution is -2.52. The average molecular weight is 782 g/mol. The van der Waals surface area contributed by atoms with Crippen LogP contribution in [0.1, 0.15) is 99.4 Å². The first-order valence-electron chi connectivity index (χ1n) is 19.2. The monoisotopic (exact) mass is 781 g/mol. The Hall–Kier alpha value is -5.41. The van der Waals surface area contributed by atoms with E-state index in [0.717, 1.165) is 48.1 Å². The van der Waals surface area contributed by atoms with Crippen LogP contribution in [-0.2, 0) is 16.1 Å². The van der Waals surface area contributed by atoms with Crippen molar-refractivity contribution in [1.29, 1.82) is 5.26 Å². The molecule has 2 fully saturated rings. The van der Waals surface area contributed by atoms with Crippen LogP contribution in [0.25, 0.3) is 21.6 Å². The minimum atomic E-state index is -0.794. The summed E-state index contributed by atoms with van der Waals surface area (Å²) in [4.78, 5) is 41.0. The Morgan fingerprint density at radius 1 is 0.911 bits per heavy atom. The zero-order valence-corrected chi connectivity index (χ0v) is 32.8. The van der Waals surface area contributed by atoms with Crippen molar-refractivity contribution in [3.05, 3.63) is 94.6 Å². The van der Waals surface area contributed by atoms with Gasteiger partial charge in [0.2, 0.25) is 0 Å². The van der Waals surface area contributed by atoms with Crippen LogP contribution in [0.4, 0.5) is 9.18 Å². The Bertz CT molecular complexity index is 2060. The van der Waals surface area contributed by atoms with Crippen molar-refractivity contribution < 1.29 is 38.1 Å². The number of carbonyl (C=O) groups excluding carboxylic acids is 2. The van der Waals surface area contributed by atoms with Crippen molar-refractivity contribution >= 4 is 29.3 Å². The second-order valence-corrected chi connectivity index (χ2v) is 16.5. The largest absolute Gasteiger partial charge is 0.490 e. The Morgan fingerprint density at radius 3 is 2.30 bits per heavy atom. The number of carboxylic acid groups (broad SMARTS) is 1. The summed E-state index contributed by atoms with van der Waals surface area (Å²) in [6, 6.07) is 23.4. The number of halogens is 1. The second-order valence-electron chi connectivity index (χ2n) is 15.4. The highest BCUT2D eigenvalue weighted by Gasteiger charge is 2.44. The van der Waals surface area contributed by atoms with Gasteiger partial charge in [-0.05, 0) is 112 Å². The summed E-state index contributed by atoms with van der Waals surface area (Å²) in [6.07, 6.45) is 5.62. The van der Waals surface area contributed by atoms with Gasteiger partial charge in [0.05, 0.1) is 17.0 Å². The molecular weight excluding hydrogens is 734 g/mol. The number of carbonyl (C=O) groups is 3. The summed E-state index contributed by atoms with van der Waals surface area (Å²) in [7, 11) is 0. The maximum atomic E-state index is 15.1. The first-order chi connectivity index (χ1) is 26.9. The number of thiophene rings is 1. The fourth-order valence-electron chi connectivity index (χ4n) is 7.46. The van der Waals surface area contributed by atoms with Crippen molar-refractivity contribution in [2.24, 2.45) is 0 Å². The molecule has 0 radical (unpaired) electrons. The minimum Gasteiger partial charge on any atom is -0.490 e. The number of unbranched alkanes of at least 4 members (excludes halogenated alkanes) is 3. The summed E-state index contributed by atoms with van der Waals surface area (Å²) in [5, 5.41) is 21.3. The third-order valence-corrected chi connectivity index (χ3v) is 11.2. The molecule has 294 valence electrons. The number of nitriles is 1. The molecule has 2 bridgehead atoms. The third kappa shape index (κ3) is 10.3. The van der Waals surface area contributed by atoms with Gasteiger partial charge in [0.1, 0.15) is 24.1 Å². The number of nitrogens with one attached hydrogen (secondary N) is 1. The molecule has 3 aromatic carbocycles. The number of nitrogens with zero attached hydrogens (tertiary/aromatic N) is 2. The van der Waals surface area contributed by atoms with Gasteiger partial charge in [0.15, 0.2) is 11.5 Å². The van der Waals surface area contributed by atoms with Crippen molar-refractivity contribution in [2.45, 2.75) is 109 Å². The topological polar surface area (TPSA) is 138 Å². The third-order valence-electron chi connectivity index (χ3n) is 10.0. The zero-order chi connectivity index (χ0) is 39.8. The second kappa shape index (κ2) is 18.0. The molecule has 2 saturated heterocycles. The molecule has 12 heteroatoms. The molecule has 2 unspecified atom stereocenters. The van der Waals surface area contributed by atoms with Gasteiger partial charge in [-0.1, -0.05) is 49.2 Å². The Morgan fingerprint density at radius 2 is 1.62 bits per heavy atom. The van der Waals surface area contributed by atoms with Crippen molar-refractivity contribution in [3.63, 3.8) is 0 Å². The predicted molar refractivity (Wildman–Crippen MR) is 212 cm³/mol. The average Bonchev–Trinajstić information content (AvgIpc) is 3.72. The molecule has 0 spiro atoms. The van der Waals surface area contributed by atoms with Crippen LogP contribution in [0.2, 0.25) is 0 Å². The van der Waals surface area contributed by atoms with Crippen molar-refractivity contribution in [1.82, 2.24) is 10.2 Å². The maximum absolute atomic E-state index is 15.1. The molecule has 0 aliphatic carbocycles. The number of rotatable bonds is 15. The number of alkyl carbamates (subject to hydrolysis) is 1. The van der Waals surface area contributed by atoms with Gasteiger partial charge < -0.3 is 29.5 Å². The van der Waals surface area contributed by atoms with E-state index < -0.39 is 23.5 Å². The van der Waals surface area contributed by atoms with Crippen LogP contribution in [0.3, 0.4) is 0 Å². The van der Waals surface area contributed by atoms with Crippen LogP contribution in [0.5, 0.6) is 11.5 Å². The summed E-state index contributed by atoms with van der Waals surface area (Å²) in [5.74, 6) is -0.492. The van der Waals surface area contributed by atoms with E-state index in [0.29, 0.717) is 60.0 Å². The molecule has 2 amide bonds.